The number of nitrogens with zero attached hydrogens (tertiary/aromatic N) is 2. The number of aryl methyl sites for hydroxylation is 1. The largest absolute Gasteiger partial charge is 0.496 e. The lowest BCUT2D eigenvalue weighted by Gasteiger charge is -2.13. The number of aliphatic imine (C=N–C) groups is 1. The summed E-state index contributed by atoms with van der Waals surface area (Å²) >= 11 is 0. The first kappa shape index (κ1) is 16.9. The smallest absolute Gasteiger partial charge is 0.191 e. The van der Waals surface area contributed by atoms with E-state index in [1.807, 2.05) is 19.1 Å². The molecule has 0 atom stereocenters. The first-order valence-electron chi connectivity index (χ1n) is 7.78. The predicted octanol–water partition coefficient (Wildman–Crippen LogP) is 2.29. The Hall–Kier alpha value is -2.50. The van der Waals surface area contributed by atoms with Crippen molar-refractivity contribution in [2.75, 3.05) is 20.2 Å². The summed E-state index contributed by atoms with van der Waals surface area (Å²) in [6, 6.07) is 8.03. The Morgan fingerprint density at radius 3 is 2.87 bits per heavy atom. The van der Waals surface area contributed by atoms with Gasteiger partial charge in [-0.25, -0.2) is 4.99 Å². The number of benzene rings is 1. The maximum absolute atomic E-state index is 5.41. The van der Waals surface area contributed by atoms with Gasteiger partial charge in [-0.15, -0.1) is 0 Å². The Bertz CT molecular complexity index is 624. The summed E-state index contributed by atoms with van der Waals surface area (Å²) in [5, 5.41) is 10.4. The lowest BCUT2D eigenvalue weighted by molar-refractivity contribution is 0.409. The van der Waals surface area contributed by atoms with E-state index in [4.69, 9.17) is 9.26 Å². The van der Waals surface area contributed by atoms with Crippen molar-refractivity contribution in [3.05, 3.63) is 47.3 Å². The van der Waals surface area contributed by atoms with Crippen LogP contribution in [0.3, 0.4) is 0 Å². The highest BCUT2D eigenvalue weighted by Gasteiger charge is 2.04. The molecule has 1 aromatic carbocycles. The molecule has 0 saturated carbocycles. The molecule has 0 bridgehead atoms. The molecule has 0 aliphatic rings. The SMILES string of the molecule is CCNC(=NCc1ccon1)NCCc1cc(C)ccc1OC. The molecule has 0 saturated heterocycles. The number of ether oxygens (including phenoxy) is 1. The topological polar surface area (TPSA) is 71.7 Å². The molecule has 2 N–H and O–H groups in total. The number of methoxy groups -OCH3 is 1. The van der Waals surface area contributed by atoms with E-state index in [0.29, 0.717) is 6.54 Å². The minimum atomic E-state index is 0.486. The second kappa shape index (κ2) is 8.82. The van der Waals surface area contributed by atoms with Crippen molar-refractivity contribution >= 4 is 5.96 Å². The third-order valence-corrected chi connectivity index (χ3v) is 3.36. The van der Waals surface area contributed by atoms with Gasteiger partial charge in [0.1, 0.15) is 17.7 Å². The zero-order chi connectivity index (χ0) is 16.5. The van der Waals surface area contributed by atoms with Crippen LogP contribution in [0.25, 0.3) is 0 Å². The molecular weight excluding hydrogens is 292 g/mol. The maximum atomic E-state index is 5.41. The lowest BCUT2D eigenvalue weighted by Crippen LogP contribution is -2.38. The van der Waals surface area contributed by atoms with Gasteiger partial charge in [0, 0.05) is 19.2 Å². The van der Waals surface area contributed by atoms with Crippen molar-refractivity contribution in [2.24, 2.45) is 4.99 Å². The number of nitrogens with one attached hydrogen (secondary N) is 2. The van der Waals surface area contributed by atoms with Gasteiger partial charge < -0.3 is 19.9 Å². The van der Waals surface area contributed by atoms with E-state index in [2.05, 4.69) is 39.8 Å². The highest BCUT2D eigenvalue weighted by molar-refractivity contribution is 5.79. The van der Waals surface area contributed by atoms with Crippen molar-refractivity contribution in [1.82, 2.24) is 15.8 Å². The molecule has 1 heterocycles. The highest BCUT2D eigenvalue weighted by Crippen LogP contribution is 2.19. The highest BCUT2D eigenvalue weighted by atomic mass is 16.5. The second-order valence-electron chi connectivity index (χ2n) is 5.18. The Balaban J connectivity index is 1.91. The normalized spacial score (nSPS) is 11.3. The van der Waals surface area contributed by atoms with Crippen LogP contribution in [0, 0.1) is 6.92 Å². The quantitative estimate of drug-likeness (QED) is 0.606. The van der Waals surface area contributed by atoms with Gasteiger partial charge in [0.05, 0.1) is 13.7 Å². The van der Waals surface area contributed by atoms with Crippen LogP contribution in [0.2, 0.25) is 0 Å². The van der Waals surface area contributed by atoms with E-state index in [1.54, 1.807) is 13.4 Å². The lowest BCUT2D eigenvalue weighted by atomic mass is 10.1. The van der Waals surface area contributed by atoms with E-state index in [1.165, 1.54) is 11.1 Å². The standard InChI is InChI=1S/C17H24N4O2/c1-4-18-17(20-12-15-8-10-23-21-15)19-9-7-14-11-13(2)5-6-16(14)22-3/h5-6,8,10-11H,4,7,9,12H2,1-3H3,(H2,18,19,20). The number of hydrogen-bond donors (Lipinski definition) is 2. The van der Waals surface area contributed by atoms with Crippen LogP contribution in [0.15, 0.2) is 40.0 Å². The first-order valence-corrected chi connectivity index (χ1v) is 7.78. The minimum absolute atomic E-state index is 0.486. The van der Waals surface area contributed by atoms with Crippen LogP contribution in [-0.2, 0) is 13.0 Å². The molecule has 0 radical (unpaired) electrons. The van der Waals surface area contributed by atoms with Crippen molar-refractivity contribution in [2.45, 2.75) is 26.8 Å². The van der Waals surface area contributed by atoms with Gasteiger partial charge in [0.2, 0.25) is 0 Å². The molecular formula is C17H24N4O2. The number of hydrogen-bond acceptors (Lipinski definition) is 4. The van der Waals surface area contributed by atoms with Crippen molar-refractivity contribution in [3.63, 3.8) is 0 Å². The van der Waals surface area contributed by atoms with Crippen molar-refractivity contribution < 1.29 is 9.26 Å². The van der Waals surface area contributed by atoms with E-state index in [9.17, 15) is 0 Å². The van der Waals surface area contributed by atoms with Gasteiger partial charge >= 0.3 is 0 Å². The molecule has 2 aromatic rings. The molecule has 0 aliphatic carbocycles. The van der Waals surface area contributed by atoms with Gasteiger partial charge in [0.15, 0.2) is 5.96 Å². The fourth-order valence-corrected chi connectivity index (χ4v) is 2.24. The molecule has 0 unspecified atom stereocenters. The van der Waals surface area contributed by atoms with Crippen LogP contribution in [0.5, 0.6) is 5.75 Å². The Labute approximate surface area is 136 Å². The van der Waals surface area contributed by atoms with Crippen LogP contribution >= 0.6 is 0 Å². The predicted molar refractivity (Wildman–Crippen MR) is 90.8 cm³/mol. The van der Waals surface area contributed by atoms with Gasteiger partial charge in [-0.05, 0) is 31.9 Å². The summed E-state index contributed by atoms with van der Waals surface area (Å²) in [6.07, 6.45) is 2.41. The summed E-state index contributed by atoms with van der Waals surface area (Å²) in [7, 11) is 1.70. The van der Waals surface area contributed by atoms with Crippen molar-refractivity contribution in [1.29, 1.82) is 0 Å². The van der Waals surface area contributed by atoms with E-state index >= 15 is 0 Å². The average Bonchev–Trinajstić information content (AvgIpc) is 3.06. The number of rotatable bonds is 7. The second-order valence-corrected chi connectivity index (χ2v) is 5.18. The van der Waals surface area contributed by atoms with Crippen LogP contribution in [0.4, 0.5) is 0 Å². The van der Waals surface area contributed by atoms with E-state index in [-0.39, 0.29) is 0 Å². The Morgan fingerprint density at radius 1 is 1.30 bits per heavy atom. The van der Waals surface area contributed by atoms with Crippen molar-refractivity contribution in [3.8, 4) is 5.75 Å². The summed E-state index contributed by atoms with van der Waals surface area (Å²) < 4.78 is 10.2. The fraction of sp³-hybridized carbons (Fsp3) is 0.412. The molecule has 1 aromatic heterocycles. The van der Waals surface area contributed by atoms with Gasteiger partial charge in [-0.1, -0.05) is 22.9 Å². The molecule has 0 amide bonds. The van der Waals surface area contributed by atoms with Gasteiger partial charge in [-0.2, -0.15) is 0 Å². The molecule has 23 heavy (non-hydrogen) atoms. The van der Waals surface area contributed by atoms with Crippen LogP contribution in [-0.4, -0.2) is 31.3 Å². The van der Waals surface area contributed by atoms with Gasteiger partial charge in [0.25, 0.3) is 0 Å². The molecule has 0 aliphatic heterocycles. The van der Waals surface area contributed by atoms with E-state index < -0.39 is 0 Å². The third kappa shape index (κ3) is 5.32. The Morgan fingerprint density at radius 2 is 2.17 bits per heavy atom. The zero-order valence-electron chi connectivity index (χ0n) is 13.9. The molecule has 0 spiro atoms. The average molecular weight is 316 g/mol. The fourth-order valence-electron chi connectivity index (χ4n) is 2.24. The van der Waals surface area contributed by atoms with E-state index in [0.717, 1.165) is 36.9 Å². The van der Waals surface area contributed by atoms with Gasteiger partial charge in [-0.3, -0.25) is 0 Å². The summed E-state index contributed by atoms with van der Waals surface area (Å²) in [5.74, 6) is 1.68. The van der Waals surface area contributed by atoms with Crippen LogP contribution < -0.4 is 15.4 Å². The first-order chi connectivity index (χ1) is 11.2. The summed E-state index contributed by atoms with van der Waals surface area (Å²) in [4.78, 5) is 4.49. The molecule has 124 valence electrons. The number of guanidine groups is 1. The monoisotopic (exact) mass is 316 g/mol. The summed E-state index contributed by atoms with van der Waals surface area (Å²) in [5.41, 5.74) is 3.22. The molecule has 2 rings (SSSR count). The van der Waals surface area contributed by atoms with Crippen LogP contribution in [0.1, 0.15) is 23.7 Å². The Kier molecular flexibility index (Phi) is 6.47. The number of aromatic nitrogens is 1. The zero-order valence-corrected chi connectivity index (χ0v) is 13.9. The minimum Gasteiger partial charge on any atom is -0.496 e. The maximum Gasteiger partial charge on any atom is 0.191 e. The molecule has 6 nitrogen and oxygen atoms in total. The third-order valence-electron chi connectivity index (χ3n) is 3.36. The molecule has 0 fully saturated rings. The molecule has 6 heteroatoms. The summed E-state index contributed by atoms with van der Waals surface area (Å²) in [6.45, 7) is 6.18.